The molecule has 6 aromatic rings. The molecule has 0 atom stereocenters. The molecule has 0 fully saturated rings. The Morgan fingerprint density at radius 1 is 0.391 bits per heavy atom. The predicted octanol–water partition coefficient (Wildman–Crippen LogP) is 13.6. The van der Waals surface area contributed by atoms with Crippen molar-refractivity contribution in [3.63, 3.8) is 0 Å². The molecule has 0 spiro atoms. The fourth-order valence-electron chi connectivity index (χ4n) is 7.28. The molecule has 10 nitrogen and oxygen atoms in total. The standard InChI is InChI=1S/C52H50Br2N2O8/c1-51(2,3)33-27-41(47(57)61-7)45(42(28-33)48(58)62-8)55(39-23-15-35(53)16-24-39)37-19-11-31(12-20-37)32-13-21-38(22-14-32)56(40-25-17-36(54)18-26-40)46-43(49(59)63-9)29-34(52(4,5)6)30-44(46)50(60)64-10/h11-30H,1-10H3. The Morgan fingerprint density at radius 3 is 0.812 bits per heavy atom. The number of hydrogen-bond donors (Lipinski definition) is 0. The number of hydrogen-bond acceptors (Lipinski definition) is 10. The Morgan fingerprint density at radius 2 is 0.609 bits per heavy atom. The summed E-state index contributed by atoms with van der Waals surface area (Å²) in [6, 6.07) is 37.7. The van der Waals surface area contributed by atoms with Crippen molar-refractivity contribution in [3.8, 4) is 11.1 Å². The van der Waals surface area contributed by atoms with Crippen LogP contribution in [0.3, 0.4) is 0 Å². The number of carbonyl (C=O) groups is 4. The molecule has 0 heterocycles. The van der Waals surface area contributed by atoms with Crippen LogP contribution in [-0.4, -0.2) is 52.3 Å². The minimum Gasteiger partial charge on any atom is -0.465 e. The molecule has 12 heteroatoms. The summed E-state index contributed by atoms with van der Waals surface area (Å²) in [5.74, 6) is -2.43. The highest BCUT2D eigenvalue weighted by Gasteiger charge is 2.32. The number of nitrogens with zero attached hydrogens (tertiary/aromatic N) is 2. The van der Waals surface area contributed by atoms with E-state index in [-0.39, 0.29) is 22.3 Å². The van der Waals surface area contributed by atoms with Crippen LogP contribution in [0.2, 0.25) is 0 Å². The van der Waals surface area contributed by atoms with Crippen LogP contribution in [0.15, 0.2) is 130 Å². The summed E-state index contributed by atoms with van der Waals surface area (Å²) in [4.78, 5) is 58.3. The summed E-state index contributed by atoms with van der Waals surface area (Å²) >= 11 is 7.08. The zero-order chi connectivity index (χ0) is 46.7. The third-order valence-electron chi connectivity index (χ3n) is 10.8. The van der Waals surface area contributed by atoms with Gasteiger partial charge in [0.05, 0.1) is 62.1 Å². The van der Waals surface area contributed by atoms with E-state index in [0.717, 1.165) is 31.2 Å². The van der Waals surface area contributed by atoms with E-state index < -0.39 is 34.7 Å². The van der Waals surface area contributed by atoms with Crippen LogP contribution < -0.4 is 9.80 Å². The lowest BCUT2D eigenvalue weighted by atomic mass is 9.84. The molecule has 0 aliphatic rings. The third-order valence-corrected chi connectivity index (χ3v) is 11.8. The van der Waals surface area contributed by atoms with Gasteiger partial charge < -0.3 is 28.7 Å². The van der Waals surface area contributed by atoms with Crippen molar-refractivity contribution in [2.45, 2.75) is 52.4 Å². The van der Waals surface area contributed by atoms with Crippen LogP contribution in [0.1, 0.15) is 94.1 Å². The van der Waals surface area contributed by atoms with Gasteiger partial charge in [-0.15, -0.1) is 0 Å². The number of rotatable bonds is 11. The SMILES string of the molecule is COC(=O)c1cc(C(C)(C)C)cc(C(=O)OC)c1N(c1ccc(Br)cc1)c1ccc(-c2ccc(N(c3ccc(Br)cc3)c3c(C(=O)OC)cc(C(C)(C)C)cc3C(=O)OC)cc2)cc1. The van der Waals surface area contributed by atoms with Gasteiger partial charge in [0, 0.05) is 31.7 Å². The smallest absolute Gasteiger partial charge is 0.340 e. The average Bonchev–Trinajstić information content (AvgIpc) is 3.28. The molecular formula is C52H50Br2N2O8. The van der Waals surface area contributed by atoms with Crippen LogP contribution in [0.4, 0.5) is 34.1 Å². The molecule has 0 radical (unpaired) electrons. The number of benzene rings is 6. The van der Waals surface area contributed by atoms with Gasteiger partial charge in [0.1, 0.15) is 0 Å². The molecule has 0 amide bonds. The van der Waals surface area contributed by atoms with Gasteiger partial charge in [-0.05, 0) is 130 Å². The molecule has 6 aromatic carbocycles. The first-order valence-electron chi connectivity index (χ1n) is 20.3. The normalized spacial score (nSPS) is 11.4. The fraction of sp³-hybridized carbons (Fsp3) is 0.231. The summed E-state index contributed by atoms with van der Waals surface area (Å²) in [5.41, 5.74) is 6.53. The quantitative estimate of drug-likeness (QED) is 0.0919. The summed E-state index contributed by atoms with van der Waals surface area (Å²) in [7, 11) is 5.26. The van der Waals surface area contributed by atoms with Crippen molar-refractivity contribution in [1.29, 1.82) is 0 Å². The highest BCUT2D eigenvalue weighted by Crippen LogP contribution is 2.45. The van der Waals surface area contributed by atoms with Gasteiger partial charge in [0.25, 0.3) is 0 Å². The Labute approximate surface area is 391 Å². The number of anilines is 6. The molecule has 0 N–H and O–H groups in total. The molecule has 0 aromatic heterocycles. The van der Waals surface area contributed by atoms with Crippen LogP contribution in [-0.2, 0) is 29.8 Å². The molecule has 0 unspecified atom stereocenters. The maximum Gasteiger partial charge on any atom is 0.340 e. The number of ether oxygens (including phenoxy) is 4. The van der Waals surface area contributed by atoms with Crippen molar-refractivity contribution >= 4 is 89.9 Å². The van der Waals surface area contributed by atoms with Gasteiger partial charge in [0.15, 0.2) is 0 Å². The molecule has 0 saturated heterocycles. The molecule has 0 saturated carbocycles. The van der Waals surface area contributed by atoms with Crippen LogP contribution >= 0.6 is 31.9 Å². The molecule has 64 heavy (non-hydrogen) atoms. The van der Waals surface area contributed by atoms with E-state index in [1.54, 1.807) is 24.3 Å². The van der Waals surface area contributed by atoms with E-state index >= 15 is 0 Å². The van der Waals surface area contributed by atoms with Crippen LogP contribution in [0.5, 0.6) is 0 Å². The second kappa shape index (κ2) is 19.2. The number of halogens is 2. The average molecular weight is 991 g/mol. The third kappa shape index (κ3) is 9.93. The van der Waals surface area contributed by atoms with Gasteiger partial charge in [-0.1, -0.05) is 97.7 Å². The zero-order valence-electron chi connectivity index (χ0n) is 37.5. The number of carbonyl (C=O) groups excluding carboxylic acids is 4. The summed E-state index contributed by atoms with van der Waals surface area (Å²) in [6.45, 7) is 12.0. The molecule has 6 rings (SSSR count). The largest absolute Gasteiger partial charge is 0.465 e. The summed E-state index contributed by atoms with van der Waals surface area (Å²) in [6.07, 6.45) is 0. The first-order valence-corrected chi connectivity index (χ1v) is 21.9. The second-order valence-corrected chi connectivity index (χ2v) is 18.9. The highest BCUT2D eigenvalue weighted by molar-refractivity contribution is 9.10. The summed E-state index contributed by atoms with van der Waals surface area (Å²) < 4.78 is 22.9. The van der Waals surface area contributed by atoms with E-state index in [9.17, 15) is 19.2 Å². The van der Waals surface area contributed by atoms with Gasteiger partial charge in [0.2, 0.25) is 0 Å². The Bertz CT molecular complexity index is 2440. The molecule has 0 aliphatic carbocycles. The van der Waals surface area contributed by atoms with Crippen molar-refractivity contribution in [1.82, 2.24) is 0 Å². The van der Waals surface area contributed by atoms with Crippen molar-refractivity contribution in [3.05, 3.63) is 164 Å². The lowest BCUT2D eigenvalue weighted by Gasteiger charge is -2.31. The minimum absolute atomic E-state index is 0.201. The molecular weight excluding hydrogens is 940 g/mol. The van der Waals surface area contributed by atoms with Gasteiger partial charge in [-0.2, -0.15) is 0 Å². The highest BCUT2D eigenvalue weighted by atomic mass is 79.9. The molecule has 330 valence electrons. The van der Waals surface area contributed by atoms with Crippen LogP contribution in [0.25, 0.3) is 11.1 Å². The van der Waals surface area contributed by atoms with E-state index in [1.165, 1.54) is 28.4 Å². The van der Waals surface area contributed by atoms with E-state index in [0.29, 0.717) is 34.1 Å². The Hall–Kier alpha value is -6.24. The predicted molar refractivity (Wildman–Crippen MR) is 259 cm³/mol. The van der Waals surface area contributed by atoms with Gasteiger partial charge in [-0.25, -0.2) is 19.2 Å². The van der Waals surface area contributed by atoms with Crippen molar-refractivity contribution in [2.24, 2.45) is 0 Å². The fourth-order valence-corrected chi connectivity index (χ4v) is 7.81. The van der Waals surface area contributed by atoms with E-state index in [2.05, 4.69) is 31.9 Å². The topological polar surface area (TPSA) is 112 Å². The number of esters is 4. The first kappa shape index (κ1) is 47.2. The maximum atomic E-state index is 13.6. The Balaban J connectivity index is 1.51. The zero-order valence-corrected chi connectivity index (χ0v) is 40.6. The lowest BCUT2D eigenvalue weighted by Crippen LogP contribution is -2.22. The maximum absolute atomic E-state index is 13.6. The van der Waals surface area contributed by atoms with Gasteiger partial charge >= 0.3 is 23.9 Å². The monoisotopic (exact) mass is 988 g/mol. The first-order chi connectivity index (χ1) is 30.3. The van der Waals surface area contributed by atoms with Crippen LogP contribution in [0, 0.1) is 0 Å². The van der Waals surface area contributed by atoms with E-state index in [4.69, 9.17) is 18.9 Å². The number of methoxy groups -OCH3 is 4. The lowest BCUT2D eigenvalue weighted by molar-refractivity contribution is 0.0583. The molecule has 0 aliphatic heterocycles. The summed E-state index contributed by atoms with van der Waals surface area (Å²) in [5, 5.41) is 0. The minimum atomic E-state index is -0.607. The van der Waals surface area contributed by atoms with E-state index in [1.807, 2.05) is 148 Å². The second-order valence-electron chi connectivity index (χ2n) is 17.0. The Kier molecular flexibility index (Phi) is 14.2. The van der Waals surface area contributed by atoms with Crippen molar-refractivity contribution in [2.75, 3.05) is 38.2 Å². The van der Waals surface area contributed by atoms with Crippen molar-refractivity contribution < 1.29 is 38.1 Å². The molecule has 0 bridgehead atoms. The van der Waals surface area contributed by atoms with Gasteiger partial charge in [-0.3, -0.25) is 0 Å².